The van der Waals surface area contributed by atoms with Gasteiger partial charge in [-0.05, 0) is 49.6 Å². The van der Waals surface area contributed by atoms with Crippen molar-refractivity contribution < 1.29 is 9.53 Å². The molecule has 1 fully saturated rings. The van der Waals surface area contributed by atoms with Gasteiger partial charge in [0.15, 0.2) is 5.75 Å². The quantitative estimate of drug-likeness (QED) is 0.777. The van der Waals surface area contributed by atoms with Gasteiger partial charge in [-0.1, -0.05) is 42.3 Å². The van der Waals surface area contributed by atoms with Gasteiger partial charge in [-0.3, -0.25) is 4.79 Å². The summed E-state index contributed by atoms with van der Waals surface area (Å²) in [6.45, 7) is 0.551. The Morgan fingerprint density at radius 1 is 1.12 bits per heavy atom. The second-order valence-electron chi connectivity index (χ2n) is 6.05. The van der Waals surface area contributed by atoms with Crippen molar-refractivity contribution in [1.82, 2.24) is 0 Å². The number of amides is 1. The van der Waals surface area contributed by atoms with Gasteiger partial charge < -0.3 is 15.8 Å². The summed E-state index contributed by atoms with van der Waals surface area (Å²) < 4.78 is 5.89. The predicted molar refractivity (Wildman–Crippen MR) is 104 cm³/mol. The number of carbonyl (C=O) groups is 1. The van der Waals surface area contributed by atoms with E-state index in [1.165, 1.54) is 0 Å². The average Bonchev–Trinajstić information content (AvgIpc) is 3.07. The van der Waals surface area contributed by atoms with E-state index in [0.717, 1.165) is 19.3 Å². The first kappa shape index (κ1) is 19.6. The predicted octanol–water partition coefficient (Wildman–Crippen LogP) is 4.87. The monoisotopic (exact) mass is 380 g/mol. The highest BCUT2D eigenvalue weighted by atomic mass is 35.5. The Labute approximate surface area is 159 Å². The average molecular weight is 381 g/mol. The van der Waals surface area contributed by atoms with Gasteiger partial charge in [-0.15, -0.1) is 12.4 Å². The van der Waals surface area contributed by atoms with E-state index in [0.29, 0.717) is 28.8 Å². The van der Waals surface area contributed by atoms with E-state index in [1.807, 2.05) is 36.4 Å². The first-order valence-electron chi connectivity index (χ1n) is 8.21. The molecule has 1 aliphatic carbocycles. The molecule has 134 valence electrons. The van der Waals surface area contributed by atoms with Crippen molar-refractivity contribution in [2.45, 2.75) is 19.3 Å². The highest BCUT2D eigenvalue weighted by Crippen LogP contribution is 2.35. The fourth-order valence-corrected chi connectivity index (χ4v) is 3.37. The zero-order valence-electron chi connectivity index (χ0n) is 13.8. The third-order valence-corrected chi connectivity index (χ3v) is 4.81. The summed E-state index contributed by atoms with van der Waals surface area (Å²) in [6.07, 6.45) is 2.96. The molecule has 0 spiro atoms. The van der Waals surface area contributed by atoms with Crippen LogP contribution in [0.15, 0.2) is 48.5 Å². The molecule has 0 bridgehead atoms. The maximum absolute atomic E-state index is 12.6. The molecular weight excluding hydrogens is 359 g/mol. The van der Waals surface area contributed by atoms with Crippen molar-refractivity contribution in [3.8, 4) is 11.5 Å². The minimum Gasteiger partial charge on any atom is -0.454 e. The van der Waals surface area contributed by atoms with Gasteiger partial charge in [0.25, 0.3) is 0 Å². The Kier molecular flexibility index (Phi) is 7.12. The third kappa shape index (κ3) is 4.66. The summed E-state index contributed by atoms with van der Waals surface area (Å²) in [6, 6.07) is 14.6. The van der Waals surface area contributed by atoms with Crippen LogP contribution in [0.1, 0.15) is 19.3 Å². The van der Waals surface area contributed by atoms with Crippen LogP contribution in [-0.2, 0) is 4.79 Å². The van der Waals surface area contributed by atoms with Gasteiger partial charge in [0.2, 0.25) is 5.91 Å². The topological polar surface area (TPSA) is 64.4 Å². The molecule has 1 saturated carbocycles. The summed E-state index contributed by atoms with van der Waals surface area (Å²) >= 11 is 6.15. The second kappa shape index (κ2) is 9.09. The summed E-state index contributed by atoms with van der Waals surface area (Å²) in [5.41, 5.74) is 6.43. The van der Waals surface area contributed by atoms with E-state index < -0.39 is 0 Å². The van der Waals surface area contributed by atoms with Crippen LogP contribution in [-0.4, -0.2) is 12.5 Å². The molecule has 6 heteroatoms. The van der Waals surface area contributed by atoms with Gasteiger partial charge in [-0.25, -0.2) is 0 Å². The number of para-hydroxylation sites is 3. The highest BCUT2D eigenvalue weighted by Gasteiger charge is 2.32. The molecule has 25 heavy (non-hydrogen) atoms. The molecule has 3 N–H and O–H groups in total. The zero-order chi connectivity index (χ0) is 16.9. The zero-order valence-corrected chi connectivity index (χ0v) is 15.4. The van der Waals surface area contributed by atoms with Gasteiger partial charge in [0.1, 0.15) is 5.75 Å². The van der Waals surface area contributed by atoms with Crippen LogP contribution in [0.25, 0.3) is 0 Å². The van der Waals surface area contributed by atoms with Crippen molar-refractivity contribution in [2.75, 3.05) is 11.9 Å². The van der Waals surface area contributed by atoms with Crippen LogP contribution in [0.3, 0.4) is 0 Å². The minimum absolute atomic E-state index is 0. The maximum Gasteiger partial charge on any atom is 0.227 e. The Balaban J connectivity index is 0.00000225. The highest BCUT2D eigenvalue weighted by molar-refractivity contribution is 6.32. The van der Waals surface area contributed by atoms with Crippen molar-refractivity contribution >= 4 is 35.6 Å². The van der Waals surface area contributed by atoms with E-state index in [-0.39, 0.29) is 30.2 Å². The number of hydrogen-bond donors (Lipinski definition) is 2. The Morgan fingerprint density at radius 2 is 1.80 bits per heavy atom. The van der Waals surface area contributed by atoms with Gasteiger partial charge in [-0.2, -0.15) is 0 Å². The number of ether oxygens (including phenoxy) is 1. The molecular formula is C19H22Cl2N2O2. The molecule has 0 unspecified atom stereocenters. The lowest BCUT2D eigenvalue weighted by atomic mass is 9.95. The van der Waals surface area contributed by atoms with E-state index in [4.69, 9.17) is 22.1 Å². The molecule has 0 aromatic heterocycles. The third-order valence-electron chi connectivity index (χ3n) is 4.50. The van der Waals surface area contributed by atoms with E-state index in [1.54, 1.807) is 12.1 Å². The molecule has 2 aromatic carbocycles. The normalized spacial score (nSPS) is 19.1. The SMILES string of the molecule is Cl.NC[C@H]1CCC[C@H]1C(=O)Nc1ccccc1Oc1ccccc1Cl. The van der Waals surface area contributed by atoms with Crippen LogP contribution in [0.2, 0.25) is 5.02 Å². The second-order valence-corrected chi connectivity index (χ2v) is 6.46. The van der Waals surface area contributed by atoms with Crippen molar-refractivity contribution in [2.24, 2.45) is 17.6 Å². The van der Waals surface area contributed by atoms with E-state index in [2.05, 4.69) is 5.32 Å². The van der Waals surface area contributed by atoms with Crippen molar-refractivity contribution in [3.63, 3.8) is 0 Å². The molecule has 0 radical (unpaired) electrons. The molecule has 4 nitrogen and oxygen atoms in total. The molecule has 2 aromatic rings. The van der Waals surface area contributed by atoms with Gasteiger partial charge in [0.05, 0.1) is 10.7 Å². The summed E-state index contributed by atoms with van der Waals surface area (Å²) in [5.74, 6) is 1.38. The number of hydrogen-bond acceptors (Lipinski definition) is 3. The van der Waals surface area contributed by atoms with Crippen LogP contribution in [0, 0.1) is 11.8 Å². The number of benzene rings is 2. The summed E-state index contributed by atoms with van der Waals surface area (Å²) in [4.78, 5) is 12.6. The number of nitrogens with two attached hydrogens (primary N) is 1. The van der Waals surface area contributed by atoms with Crippen molar-refractivity contribution in [3.05, 3.63) is 53.6 Å². The van der Waals surface area contributed by atoms with Crippen molar-refractivity contribution in [1.29, 1.82) is 0 Å². The Morgan fingerprint density at radius 3 is 2.52 bits per heavy atom. The number of anilines is 1. The van der Waals surface area contributed by atoms with Crippen LogP contribution >= 0.6 is 24.0 Å². The molecule has 1 aliphatic rings. The smallest absolute Gasteiger partial charge is 0.227 e. The largest absolute Gasteiger partial charge is 0.454 e. The van der Waals surface area contributed by atoms with Gasteiger partial charge >= 0.3 is 0 Å². The molecule has 1 amide bonds. The Bertz CT molecular complexity index is 724. The molecule has 0 aliphatic heterocycles. The summed E-state index contributed by atoms with van der Waals surface area (Å²) in [7, 11) is 0. The molecule has 3 rings (SSSR count). The number of rotatable bonds is 5. The standard InChI is InChI=1S/C19H21ClN2O2.ClH/c20-15-8-1-3-10-17(15)24-18-11-4-2-9-16(18)22-19(23)14-7-5-6-13(14)12-21;/h1-4,8-11,13-14H,5-7,12,21H2,(H,22,23);1H/t13-,14-;/m1./s1. The minimum atomic E-state index is -0.0247. The first-order chi connectivity index (χ1) is 11.7. The van der Waals surface area contributed by atoms with E-state index in [9.17, 15) is 4.79 Å². The lowest BCUT2D eigenvalue weighted by Crippen LogP contribution is -2.29. The van der Waals surface area contributed by atoms with E-state index >= 15 is 0 Å². The number of carbonyl (C=O) groups excluding carboxylic acids is 1. The van der Waals surface area contributed by atoms with Crippen LogP contribution in [0.4, 0.5) is 5.69 Å². The molecule has 0 saturated heterocycles. The lowest BCUT2D eigenvalue weighted by molar-refractivity contribution is -0.120. The van der Waals surface area contributed by atoms with Gasteiger partial charge in [0, 0.05) is 5.92 Å². The lowest BCUT2D eigenvalue weighted by Gasteiger charge is -2.19. The summed E-state index contributed by atoms with van der Waals surface area (Å²) in [5, 5.41) is 3.52. The number of halogens is 2. The number of nitrogens with one attached hydrogen (secondary N) is 1. The first-order valence-corrected chi connectivity index (χ1v) is 8.59. The molecule has 0 heterocycles. The maximum atomic E-state index is 12.6. The van der Waals surface area contributed by atoms with Crippen LogP contribution in [0.5, 0.6) is 11.5 Å². The Hall–Kier alpha value is -1.75. The fourth-order valence-electron chi connectivity index (χ4n) is 3.19. The fraction of sp³-hybridized carbons (Fsp3) is 0.316. The van der Waals surface area contributed by atoms with Crippen LogP contribution < -0.4 is 15.8 Å². The molecule has 2 atom stereocenters.